The normalized spacial score (nSPS) is 15.4. The van der Waals surface area contributed by atoms with Crippen molar-refractivity contribution in [2.24, 2.45) is 0 Å². The second-order valence-electron chi connectivity index (χ2n) is 6.80. The molecule has 0 atom stereocenters. The van der Waals surface area contributed by atoms with Crippen molar-refractivity contribution >= 4 is 47.0 Å². The van der Waals surface area contributed by atoms with Gasteiger partial charge in [-0.1, -0.05) is 38.3 Å². The minimum absolute atomic E-state index is 0.137. The molecule has 0 radical (unpaired) electrons. The molecule has 0 fully saturated rings. The smallest absolute Gasteiger partial charge is 0.00924 e. The Bertz CT molecular complexity index is 886. The summed E-state index contributed by atoms with van der Waals surface area (Å²) in [4.78, 5) is 5.79. The Hall–Kier alpha value is -1.21. The minimum atomic E-state index is -0.137. The maximum absolute atomic E-state index is 2.41. The molecule has 0 N–H and O–H groups in total. The van der Waals surface area contributed by atoms with E-state index in [2.05, 4.69) is 70.2 Å². The van der Waals surface area contributed by atoms with Crippen molar-refractivity contribution in [2.75, 3.05) is 12.3 Å². The van der Waals surface area contributed by atoms with Crippen LogP contribution in [-0.4, -0.2) is 12.3 Å². The van der Waals surface area contributed by atoms with Gasteiger partial charge in [-0.15, -0.1) is 22.7 Å². The fourth-order valence-corrected chi connectivity index (χ4v) is 8.27. The summed E-state index contributed by atoms with van der Waals surface area (Å²) >= 11 is 3.87. The molecule has 1 aliphatic heterocycles. The van der Waals surface area contributed by atoms with Crippen molar-refractivity contribution in [3.8, 4) is 0 Å². The zero-order valence-electron chi connectivity index (χ0n) is 15.2. The molecule has 0 saturated carbocycles. The number of hydrogen-bond donors (Lipinski definition) is 0. The van der Waals surface area contributed by atoms with Gasteiger partial charge in [0.1, 0.15) is 0 Å². The Morgan fingerprint density at radius 2 is 1.20 bits per heavy atom. The lowest BCUT2D eigenvalue weighted by Crippen LogP contribution is -2.01. The highest BCUT2D eigenvalue weighted by atomic mass is 32.1. The van der Waals surface area contributed by atoms with E-state index in [4.69, 9.17) is 0 Å². The van der Waals surface area contributed by atoms with Crippen LogP contribution in [0.4, 0.5) is 0 Å². The summed E-state index contributed by atoms with van der Waals surface area (Å²) in [5.41, 5.74) is 6.22. The molecule has 1 aliphatic rings. The Kier molecular flexibility index (Phi) is 4.71. The first-order valence-electron chi connectivity index (χ1n) is 8.70. The van der Waals surface area contributed by atoms with Crippen LogP contribution in [0.25, 0.3) is 11.1 Å². The maximum Gasteiger partial charge on any atom is 0.00924 e. The number of benzene rings is 1. The van der Waals surface area contributed by atoms with Gasteiger partial charge in [-0.05, 0) is 79.7 Å². The van der Waals surface area contributed by atoms with E-state index in [-0.39, 0.29) is 7.92 Å². The molecule has 3 heterocycles. The molecule has 0 saturated heterocycles. The Balaban J connectivity index is 1.82. The highest BCUT2D eigenvalue weighted by Crippen LogP contribution is 2.53. The molecule has 2 aromatic heterocycles. The van der Waals surface area contributed by atoms with Gasteiger partial charge in [0.15, 0.2) is 0 Å². The summed E-state index contributed by atoms with van der Waals surface area (Å²) in [6.07, 6.45) is 2.44. The van der Waals surface area contributed by atoms with Gasteiger partial charge in [-0.3, -0.25) is 0 Å². The fourth-order valence-electron chi connectivity index (χ4n) is 3.81. The lowest BCUT2D eigenvalue weighted by Gasteiger charge is -2.11. The van der Waals surface area contributed by atoms with E-state index in [1.807, 2.05) is 22.7 Å². The predicted molar refractivity (Wildman–Crippen MR) is 117 cm³/mol. The second kappa shape index (κ2) is 6.83. The van der Waals surface area contributed by atoms with Gasteiger partial charge in [-0.2, -0.15) is 0 Å². The van der Waals surface area contributed by atoms with Gasteiger partial charge in [-0.25, -0.2) is 0 Å². The molecule has 3 aromatic rings. The zero-order chi connectivity index (χ0) is 17.6. The van der Waals surface area contributed by atoms with Crippen LogP contribution in [0.15, 0.2) is 42.5 Å². The minimum Gasteiger partial charge on any atom is -0.145 e. The first kappa shape index (κ1) is 17.2. The van der Waals surface area contributed by atoms with Crippen LogP contribution in [0.2, 0.25) is 0 Å². The van der Waals surface area contributed by atoms with Gasteiger partial charge in [0.05, 0.1) is 0 Å². The largest absolute Gasteiger partial charge is 0.145 e. The van der Waals surface area contributed by atoms with E-state index in [0.29, 0.717) is 0 Å². The van der Waals surface area contributed by atoms with Gasteiger partial charge >= 0.3 is 0 Å². The number of thiophene rings is 2. The van der Waals surface area contributed by atoms with Crippen molar-refractivity contribution in [3.05, 3.63) is 73.1 Å². The van der Waals surface area contributed by atoms with E-state index in [0.717, 1.165) is 0 Å². The summed E-state index contributed by atoms with van der Waals surface area (Å²) in [7, 11) is -0.137. The van der Waals surface area contributed by atoms with E-state index >= 15 is 0 Å². The second-order valence-corrected chi connectivity index (χ2v) is 12.0. The van der Waals surface area contributed by atoms with Gasteiger partial charge in [0.25, 0.3) is 0 Å². The third-order valence-electron chi connectivity index (χ3n) is 4.92. The molecule has 1 aromatic carbocycles. The lowest BCUT2D eigenvalue weighted by atomic mass is 9.97. The molecule has 0 aliphatic carbocycles. The van der Waals surface area contributed by atoms with Crippen molar-refractivity contribution in [2.45, 2.75) is 27.7 Å². The highest BCUT2D eigenvalue weighted by Gasteiger charge is 2.29. The van der Waals surface area contributed by atoms with Crippen molar-refractivity contribution in [3.63, 3.8) is 0 Å². The van der Waals surface area contributed by atoms with Crippen LogP contribution in [0.5, 0.6) is 0 Å². The molecule has 4 rings (SSSR count). The van der Waals surface area contributed by atoms with Crippen LogP contribution < -0.4 is 5.30 Å². The molecule has 0 bridgehead atoms. The fraction of sp³-hybridized carbons (Fsp3) is 0.273. The number of allylic oxidation sites excluding steroid dienone is 2. The molecule has 0 spiro atoms. The van der Waals surface area contributed by atoms with Crippen molar-refractivity contribution < 1.29 is 0 Å². The monoisotopic (exact) mass is 382 g/mol. The summed E-state index contributed by atoms with van der Waals surface area (Å²) in [6.45, 7) is 9.03. The average molecular weight is 383 g/mol. The van der Waals surface area contributed by atoms with E-state index in [1.54, 1.807) is 16.5 Å². The number of rotatable bonds is 3. The van der Waals surface area contributed by atoms with Crippen LogP contribution in [0.1, 0.15) is 30.6 Å². The Labute approximate surface area is 160 Å². The number of hydrogen-bond acceptors (Lipinski definition) is 2. The molecular formula is C22H23PS2. The quantitative estimate of drug-likeness (QED) is 0.438. The van der Waals surface area contributed by atoms with Crippen LogP contribution in [0, 0.1) is 27.7 Å². The molecule has 0 nitrogen and oxygen atoms in total. The van der Waals surface area contributed by atoms with Crippen LogP contribution in [0.3, 0.4) is 0 Å². The van der Waals surface area contributed by atoms with E-state index in [1.165, 1.54) is 43.0 Å². The summed E-state index contributed by atoms with van der Waals surface area (Å²) in [5, 5.41) is 1.54. The molecular weight excluding hydrogens is 359 g/mol. The zero-order valence-corrected chi connectivity index (χ0v) is 17.7. The summed E-state index contributed by atoms with van der Waals surface area (Å²) in [5.74, 6) is 0. The topological polar surface area (TPSA) is 0 Å². The summed E-state index contributed by atoms with van der Waals surface area (Å²) < 4.78 is 0. The highest BCUT2D eigenvalue weighted by molar-refractivity contribution is 7.67. The standard InChI is InChI=1S/C22H23PS2/c1-14-10-19(16(3)24-14)21-12-23(18-8-6-5-7-9-18)13-22(21)20-11-15(2)25-17(20)4/h5-11H,12-13H2,1-4H3. The van der Waals surface area contributed by atoms with E-state index < -0.39 is 0 Å². The first-order chi connectivity index (χ1) is 12.0. The predicted octanol–water partition coefficient (Wildman–Crippen LogP) is 6.78. The van der Waals surface area contributed by atoms with Gasteiger partial charge in [0.2, 0.25) is 0 Å². The van der Waals surface area contributed by atoms with Gasteiger partial charge in [0, 0.05) is 19.5 Å². The van der Waals surface area contributed by atoms with Gasteiger partial charge < -0.3 is 0 Å². The van der Waals surface area contributed by atoms with Crippen molar-refractivity contribution in [1.82, 2.24) is 0 Å². The molecule has 0 amide bonds. The Morgan fingerprint density at radius 1 is 0.720 bits per heavy atom. The SMILES string of the molecule is Cc1cc(C2=C(c3cc(C)sc3C)CP(c3ccccc3)C2)c(C)s1. The van der Waals surface area contributed by atoms with Crippen LogP contribution >= 0.6 is 30.6 Å². The number of aryl methyl sites for hydroxylation is 4. The Morgan fingerprint density at radius 3 is 1.60 bits per heavy atom. The lowest BCUT2D eigenvalue weighted by molar-refractivity contribution is 1.49. The average Bonchev–Trinajstić information content (AvgIpc) is 3.25. The molecule has 128 valence electrons. The first-order valence-corrected chi connectivity index (χ1v) is 12.0. The molecule has 0 unspecified atom stereocenters. The van der Waals surface area contributed by atoms with E-state index in [9.17, 15) is 0 Å². The molecule has 3 heteroatoms. The third-order valence-corrected chi connectivity index (χ3v) is 9.27. The maximum atomic E-state index is 2.41. The van der Waals surface area contributed by atoms with Crippen molar-refractivity contribution in [1.29, 1.82) is 0 Å². The van der Waals surface area contributed by atoms with Crippen LogP contribution in [-0.2, 0) is 0 Å². The third kappa shape index (κ3) is 3.28. The summed E-state index contributed by atoms with van der Waals surface area (Å²) in [6, 6.07) is 16.0. The molecule has 25 heavy (non-hydrogen) atoms.